The second-order valence-electron chi connectivity index (χ2n) is 13.3. The molecular formula is C38H44ClF4N7O3S. The Morgan fingerprint density at radius 3 is 2.46 bits per heavy atom. The highest BCUT2D eigenvalue weighted by atomic mass is 35.5. The quantitative estimate of drug-likeness (QED) is 0.144. The van der Waals surface area contributed by atoms with Gasteiger partial charge >= 0.3 is 6.18 Å². The van der Waals surface area contributed by atoms with Gasteiger partial charge in [0.15, 0.2) is 0 Å². The molecule has 290 valence electrons. The van der Waals surface area contributed by atoms with Crippen LogP contribution in [0.25, 0.3) is 5.57 Å². The number of benzene rings is 2. The van der Waals surface area contributed by atoms with E-state index in [2.05, 4.69) is 20.9 Å². The highest BCUT2D eigenvalue weighted by molar-refractivity contribution is 7.99. The van der Waals surface area contributed by atoms with Crippen LogP contribution < -0.4 is 27.4 Å². The molecule has 1 aromatic heterocycles. The Balaban J connectivity index is 1.62. The van der Waals surface area contributed by atoms with Gasteiger partial charge in [-0.25, -0.2) is 9.37 Å². The van der Waals surface area contributed by atoms with Crippen LogP contribution in [0.1, 0.15) is 66.3 Å². The van der Waals surface area contributed by atoms with Crippen molar-refractivity contribution in [1.29, 1.82) is 0 Å². The number of likely N-dealkylation sites (N-methyl/N-ethyl adjacent to an activating group) is 1. The Hall–Kier alpha value is -4.02. The Morgan fingerprint density at radius 2 is 1.72 bits per heavy atom. The number of carbonyl (C=O) groups is 3. The fourth-order valence-electron chi connectivity index (χ4n) is 6.67. The Kier molecular flexibility index (Phi) is 14.1. The van der Waals surface area contributed by atoms with Gasteiger partial charge in [-0.3, -0.25) is 14.4 Å². The topological polar surface area (TPSA) is 155 Å². The van der Waals surface area contributed by atoms with E-state index in [4.69, 9.17) is 23.1 Å². The number of carbonyl (C=O) groups excluding carboxylic acids is 3. The Morgan fingerprint density at radius 1 is 0.963 bits per heavy atom. The van der Waals surface area contributed by atoms with Crippen molar-refractivity contribution in [2.45, 2.75) is 92.3 Å². The molecular weight excluding hydrogens is 746 g/mol. The standard InChI is InChI=1S/C38H44ClF4N7O3S/c1-50-32(18-23-10-9-22-11-12-25(40)19-26(22)23)35(52)48-21-27-28(38(41,42)43)13-14-29(39)33(27)54-36-24(6-5-17-46-36)20-47-30(8-4-16-45)34(51)49-31(37(50)53)7-2-3-15-44/h5-6,10-14,17,19,30-32,47H,2-4,7-9,15-16,18,20-21,44-45H2,1H3,(H,48,52)(H,49,51)/t30-,31-,32-/m0/s1. The van der Waals surface area contributed by atoms with Gasteiger partial charge in [-0.05, 0) is 110 Å². The summed E-state index contributed by atoms with van der Waals surface area (Å²) in [7, 11) is 1.42. The SMILES string of the molecule is CN1C(=O)[C@H](CCCCN)NC(=O)[C@H](CCCN)NCc2cccnc2Sc2c(Cl)ccc(C(F)(F)F)c2CNC(=O)[C@@H]1CC1=CCc2ccc(F)cc21. The molecule has 2 heterocycles. The number of pyridine rings is 1. The van der Waals surface area contributed by atoms with Crippen molar-refractivity contribution in [1.82, 2.24) is 25.8 Å². The normalized spacial score (nSPS) is 20.0. The molecule has 54 heavy (non-hydrogen) atoms. The minimum absolute atomic E-state index is 0.0128. The van der Waals surface area contributed by atoms with Crippen LogP contribution >= 0.6 is 23.4 Å². The number of aromatic nitrogens is 1. The first-order valence-corrected chi connectivity index (χ1v) is 19.0. The number of halogens is 5. The summed E-state index contributed by atoms with van der Waals surface area (Å²) in [6, 6.07) is 6.62. The first kappa shape index (κ1) is 41.1. The van der Waals surface area contributed by atoms with E-state index in [1.54, 1.807) is 18.2 Å². The molecule has 2 aromatic carbocycles. The molecule has 0 saturated heterocycles. The molecule has 1 aliphatic carbocycles. The largest absolute Gasteiger partial charge is 0.416 e. The van der Waals surface area contributed by atoms with Crippen LogP contribution in [0.5, 0.6) is 0 Å². The van der Waals surface area contributed by atoms with E-state index in [1.165, 1.54) is 30.3 Å². The van der Waals surface area contributed by atoms with E-state index in [-0.39, 0.29) is 34.9 Å². The van der Waals surface area contributed by atoms with Crippen LogP contribution in [0.4, 0.5) is 17.6 Å². The van der Waals surface area contributed by atoms with Crippen LogP contribution in [-0.2, 0) is 40.1 Å². The van der Waals surface area contributed by atoms with Crippen LogP contribution in [0.15, 0.2) is 64.7 Å². The van der Waals surface area contributed by atoms with Gasteiger partial charge in [-0.15, -0.1) is 0 Å². The number of nitrogens with zero attached hydrogens (tertiary/aromatic N) is 2. The number of hydrogen-bond acceptors (Lipinski definition) is 8. The monoisotopic (exact) mass is 789 g/mol. The minimum Gasteiger partial charge on any atom is -0.350 e. The summed E-state index contributed by atoms with van der Waals surface area (Å²) in [5, 5.41) is 9.15. The molecule has 3 atom stereocenters. The molecule has 7 N–H and O–H groups in total. The second kappa shape index (κ2) is 18.5. The summed E-state index contributed by atoms with van der Waals surface area (Å²) < 4.78 is 58.1. The van der Waals surface area contributed by atoms with Crippen molar-refractivity contribution in [2.75, 3.05) is 20.1 Å². The maximum absolute atomic E-state index is 14.6. The average molecular weight is 790 g/mol. The lowest BCUT2D eigenvalue weighted by molar-refractivity contribution is -0.142. The molecule has 10 nitrogen and oxygen atoms in total. The fraction of sp³-hybridized carbons (Fsp3) is 0.421. The zero-order chi connectivity index (χ0) is 39.0. The Bertz CT molecular complexity index is 1880. The van der Waals surface area contributed by atoms with E-state index >= 15 is 0 Å². The predicted molar refractivity (Wildman–Crippen MR) is 200 cm³/mol. The third-order valence-electron chi connectivity index (χ3n) is 9.64. The second-order valence-corrected chi connectivity index (χ2v) is 14.7. The van der Waals surface area contributed by atoms with Crippen molar-refractivity contribution >= 4 is 46.7 Å². The van der Waals surface area contributed by atoms with Gasteiger partial charge in [-0.2, -0.15) is 13.2 Å². The summed E-state index contributed by atoms with van der Waals surface area (Å²) in [4.78, 5) is 48.3. The van der Waals surface area contributed by atoms with Gasteiger partial charge in [-0.1, -0.05) is 41.6 Å². The molecule has 0 bridgehead atoms. The van der Waals surface area contributed by atoms with Crippen molar-refractivity contribution in [3.63, 3.8) is 0 Å². The van der Waals surface area contributed by atoms with E-state index in [0.717, 1.165) is 29.5 Å². The highest BCUT2D eigenvalue weighted by Crippen LogP contribution is 2.43. The Labute approximate surface area is 320 Å². The lowest BCUT2D eigenvalue weighted by Gasteiger charge is -2.32. The summed E-state index contributed by atoms with van der Waals surface area (Å²) in [6.45, 7) is 0.180. The number of alkyl halides is 3. The molecule has 0 unspecified atom stereocenters. The van der Waals surface area contributed by atoms with Crippen LogP contribution in [-0.4, -0.2) is 65.9 Å². The van der Waals surface area contributed by atoms with Crippen LogP contribution in [0.3, 0.4) is 0 Å². The van der Waals surface area contributed by atoms with Crippen LogP contribution in [0.2, 0.25) is 5.02 Å². The molecule has 0 radical (unpaired) electrons. The number of unbranched alkanes of at least 4 members (excludes halogenated alkanes) is 1. The van der Waals surface area contributed by atoms with Crippen molar-refractivity contribution < 1.29 is 31.9 Å². The van der Waals surface area contributed by atoms with Gasteiger partial charge in [0.25, 0.3) is 0 Å². The number of amides is 3. The summed E-state index contributed by atoms with van der Waals surface area (Å²) >= 11 is 7.51. The number of nitrogens with one attached hydrogen (secondary N) is 3. The number of hydrogen-bond donors (Lipinski definition) is 5. The lowest BCUT2D eigenvalue weighted by Crippen LogP contribution is -2.56. The number of rotatable bonds is 9. The average Bonchev–Trinajstić information content (AvgIpc) is 3.53. The van der Waals surface area contributed by atoms with E-state index in [0.29, 0.717) is 66.9 Å². The van der Waals surface area contributed by atoms with Crippen LogP contribution in [0, 0.1) is 5.82 Å². The molecule has 1 aliphatic heterocycles. The van der Waals surface area contributed by atoms with E-state index in [1.807, 2.05) is 6.08 Å². The molecule has 0 fully saturated rings. The molecule has 3 aromatic rings. The molecule has 5 rings (SSSR count). The van der Waals surface area contributed by atoms with Gasteiger partial charge < -0.3 is 32.3 Å². The lowest BCUT2D eigenvalue weighted by atomic mass is 9.97. The minimum atomic E-state index is -4.80. The third kappa shape index (κ3) is 9.99. The zero-order valence-electron chi connectivity index (χ0n) is 29.8. The molecule has 2 aliphatic rings. The predicted octanol–water partition coefficient (Wildman–Crippen LogP) is 5.34. The molecule has 0 spiro atoms. The zero-order valence-corrected chi connectivity index (χ0v) is 31.4. The summed E-state index contributed by atoms with van der Waals surface area (Å²) in [5.41, 5.74) is 12.9. The first-order chi connectivity index (χ1) is 25.8. The number of allylic oxidation sites excluding steroid dienone is 1. The third-order valence-corrected chi connectivity index (χ3v) is 11.3. The summed E-state index contributed by atoms with van der Waals surface area (Å²) in [6.07, 6.45) is 1.00. The van der Waals surface area contributed by atoms with Crippen molar-refractivity contribution in [2.24, 2.45) is 11.5 Å². The molecule has 3 amide bonds. The number of fused-ring (bicyclic) bond motifs is 3. The van der Waals surface area contributed by atoms with Gasteiger partial charge in [0, 0.05) is 37.7 Å². The van der Waals surface area contributed by atoms with Gasteiger partial charge in [0.1, 0.15) is 22.9 Å². The maximum atomic E-state index is 14.6. The molecule has 16 heteroatoms. The van der Waals surface area contributed by atoms with Crippen molar-refractivity contribution in [3.8, 4) is 0 Å². The van der Waals surface area contributed by atoms with Crippen molar-refractivity contribution in [3.05, 3.63) is 93.4 Å². The van der Waals surface area contributed by atoms with E-state index < -0.39 is 59.9 Å². The molecule has 0 saturated carbocycles. The maximum Gasteiger partial charge on any atom is 0.416 e. The van der Waals surface area contributed by atoms with Gasteiger partial charge in [0.05, 0.1) is 16.6 Å². The first-order valence-electron chi connectivity index (χ1n) is 17.8. The smallest absolute Gasteiger partial charge is 0.350 e. The highest BCUT2D eigenvalue weighted by Gasteiger charge is 2.38. The van der Waals surface area contributed by atoms with Gasteiger partial charge in [0.2, 0.25) is 17.7 Å². The number of nitrogens with two attached hydrogens (primary N) is 2. The van der Waals surface area contributed by atoms with E-state index in [9.17, 15) is 31.9 Å². The fourth-order valence-corrected chi connectivity index (χ4v) is 8.01. The summed E-state index contributed by atoms with van der Waals surface area (Å²) in [5.74, 6) is -2.27.